The fourth-order valence-electron chi connectivity index (χ4n) is 2.27. The predicted molar refractivity (Wildman–Crippen MR) is 74.4 cm³/mol. The van der Waals surface area contributed by atoms with Gasteiger partial charge >= 0.3 is 0 Å². The standard InChI is InChI=1S/C17H18O/c18-17(12-13-17)11-10-14-6-8-16(9-7-14)15-4-2-1-3-5-15/h1-9,18H,10-13H2. The molecule has 3 rings (SSSR count). The number of hydrogen-bond acceptors (Lipinski definition) is 1. The molecule has 0 unspecified atom stereocenters. The summed E-state index contributed by atoms with van der Waals surface area (Å²) in [5.41, 5.74) is 3.49. The van der Waals surface area contributed by atoms with Crippen molar-refractivity contribution in [1.29, 1.82) is 0 Å². The highest BCUT2D eigenvalue weighted by atomic mass is 16.3. The molecule has 1 saturated carbocycles. The lowest BCUT2D eigenvalue weighted by Gasteiger charge is -2.08. The molecule has 0 bridgehead atoms. The first-order valence-electron chi connectivity index (χ1n) is 6.62. The average Bonchev–Trinajstić information content (AvgIpc) is 3.17. The molecule has 0 heterocycles. The lowest BCUT2D eigenvalue weighted by Crippen LogP contribution is -2.07. The van der Waals surface area contributed by atoms with E-state index in [-0.39, 0.29) is 5.60 Å². The fraction of sp³-hybridized carbons (Fsp3) is 0.294. The molecule has 0 aromatic heterocycles. The number of benzene rings is 2. The van der Waals surface area contributed by atoms with Crippen LogP contribution in [-0.4, -0.2) is 10.7 Å². The van der Waals surface area contributed by atoms with E-state index in [1.165, 1.54) is 16.7 Å². The van der Waals surface area contributed by atoms with Crippen LogP contribution in [0, 0.1) is 0 Å². The topological polar surface area (TPSA) is 20.2 Å². The highest BCUT2D eigenvalue weighted by molar-refractivity contribution is 5.63. The van der Waals surface area contributed by atoms with Gasteiger partial charge in [0.2, 0.25) is 0 Å². The van der Waals surface area contributed by atoms with Crippen molar-refractivity contribution in [3.05, 3.63) is 60.2 Å². The number of aryl methyl sites for hydroxylation is 1. The van der Waals surface area contributed by atoms with Crippen LogP contribution in [0.1, 0.15) is 24.8 Å². The van der Waals surface area contributed by atoms with Crippen molar-refractivity contribution in [2.75, 3.05) is 0 Å². The van der Waals surface area contributed by atoms with Crippen molar-refractivity contribution in [2.45, 2.75) is 31.3 Å². The average molecular weight is 238 g/mol. The van der Waals surface area contributed by atoms with E-state index in [1.54, 1.807) is 0 Å². The van der Waals surface area contributed by atoms with E-state index in [4.69, 9.17) is 0 Å². The van der Waals surface area contributed by atoms with Crippen molar-refractivity contribution in [3.8, 4) is 11.1 Å². The summed E-state index contributed by atoms with van der Waals surface area (Å²) in [6.45, 7) is 0. The Morgan fingerprint density at radius 2 is 1.44 bits per heavy atom. The highest BCUT2D eigenvalue weighted by Crippen LogP contribution is 2.39. The lowest BCUT2D eigenvalue weighted by molar-refractivity contribution is 0.140. The fourth-order valence-corrected chi connectivity index (χ4v) is 2.27. The third-order valence-electron chi connectivity index (χ3n) is 3.77. The summed E-state index contributed by atoms with van der Waals surface area (Å²) in [5.74, 6) is 0. The Bertz CT molecular complexity index is 509. The van der Waals surface area contributed by atoms with Crippen molar-refractivity contribution in [2.24, 2.45) is 0 Å². The lowest BCUT2D eigenvalue weighted by atomic mass is 10.0. The molecular weight excluding hydrogens is 220 g/mol. The van der Waals surface area contributed by atoms with Crippen molar-refractivity contribution >= 4 is 0 Å². The van der Waals surface area contributed by atoms with Crippen LogP contribution in [-0.2, 0) is 6.42 Å². The maximum Gasteiger partial charge on any atom is 0.0653 e. The zero-order chi connectivity index (χ0) is 12.4. The van der Waals surface area contributed by atoms with Gasteiger partial charge in [-0.25, -0.2) is 0 Å². The molecule has 2 aromatic rings. The summed E-state index contributed by atoms with van der Waals surface area (Å²) >= 11 is 0. The van der Waals surface area contributed by atoms with E-state index in [2.05, 4.69) is 48.5 Å². The van der Waals surface area contributed by atoms with E-state index >= 15 is 0 Å². The summed E-state index contributed by atoms with van der Waals surface area (Å²) in [6, 6.07) is 19.1. The molecule has 1 fully saturated rings. The van der Waals surface area contributed by atoms with Gasteiger partial charge < -0.3 is 5.11 Å². The normalized spacial score (nSPS) is 16.5. The van der Waals surface area contributed by atoms with Gasteiger partial charge in [0, 0.05) is 0 Å². The maximum absolute atomic E-state index is 9.82. The highest BCUT2D eigenvalue weighted by Gasteiger charge is 2.39. The summed E-state index contributed by atoms with van der Waals surface area (Å²) in [4.78, 5) is 0. The van der Waals surface area contributed by atoms with Gasteiger partial charge in [-0.15, -0.1) is 0 Å². The van der Waals surface area contributed by atoms with E-state index < -0.39 is 0 Å². The second-order valence-electron chi connectivity index (χ2n) is 5.29. The summed E-state index contributed by atoms with van der Waals surface area (Å²) in [7, 11) is 0. The minimum atomic E-state index is -0.335. The van der Waals surface area contributed by atoms with Crippen LogP contribution in [0.3, 0.4) is 0 Å². The molecule has 1 aliphatic carbocycles. The zero-order valence-corrected chi connectivity index (χ0v) is 10.5. The molecule has 1 aliphatic rings. The molecule has 0 radical (unpaired) electrons. The molecule has 1 N–H and O–H groups in total. The summed E-state index contributed by atoms with van der Waals surface area (Å²) < 4.78 is 0. The number of hydrogen-bond donors (Lipinski definition) is 1. The Morgan fingerprint density at radius 3 is 2.06 bits per heavy atom. The molecule has 92 valence electrons. The molecule has 0 aliphatic heterocycles. The van der Waals surface area contributed by atoms with Crippen molar-refractivity contribution in [1.82, 2.24) is 0 Å². The molecule has 0 atom stereocenters. The van der Waals surface area contributed by atoms with E-state index in [0.717, 1.165) is 25.7 Å². The van der Waals surface area contributed by atoms with Crippen LogP contribution in [0.25, 0.3) is 11.1 Å². The smallest absolute Gasteiger partial charge is 0.0653 e. The van der Waals surface area contributed by atoms with Crippen LogP contribution >= 0.6 is 0 Å². The first-order valence-corrected chi connectivity index (χ1v) is 6.62. The Morgan fingerprint density at radius 1 is 0.833 bits per heavy atom. The Labute approximate surface area is 108 Å². The van der Waals surface area contributed by atoms with E-state index in [9.17, 15) is 5.11 Å². The second-order valence-corrected chi connectivity index (χ2v) is 5.29. The molecule has 0 spiro atoms. The van der Waals surface area contributed by atoms with E-state index in [1.807, 2.05) is 6.07 Å². The van der Waals surface area contributed by atoms with E-state index in [0.29, 0.717) is 0 Å². The van der Waals surface area contributed by atoms with Crippen LogP contribution < -0.4 is 0 Å². The quantitative estimate of drug-likeness (QED) is 0.858. The van der Waals surface area contributed by atoms with Gasteiger partial charge in [0.25, 0.3) is 0 Å². The Hall–Kier alpha value is -1.60. The maximum atomic E-state index is 9.82. The summed E-state index contributed by atoms with van der Waals surface area (Å²) in [5, 5.41) is 9.82. The monoisotopic (exact) mass is 238 g/mol. The molecular formula is C17H18O. The Kier molecular flexibility index (Phi) is 2.92. The van der Waals surface area contributed by atoms with Crippen LogP contribution in [0.4, 0.5) is 0 Å². The Balaban J connectivity index is 1.69. The van der Waals surface area contributed by atoms with Gasteiger partial charge in [-0.2, -0.15) is 0 Å². The van der Waals surface area contributed by atoms with Gasteiger partial charge in [0.1, 0.15) is 0 Å². The molecule has 18 heavy (non-hydrogen) atoms. The van der Waals surface area contributed by atoms with Gasteiger partial charge in [-0.05, 0) is 42.4 Å². The van der Waals surface area contributed by atoms with Crippen LogP contribution in [0.5, 0.6) is 0 Å². The zero-order valence-electron chi connectivity index (χ0n) is 10.5. The van der Waals surface area contributed by atoms with Crippen molar-refractivity contribution < 1.29 is 5.11 Å². The largest absolute Gasteiger partial charge is 0.390 e. The number of aliphatic hydroxyl groups is 1. The van der Waals surface area contributed by atoms with Gasteiger partial charge in [-0.3, -0.25) is 0 Å². The molecule has 0 amide bonds. The number of rotatable bonds is 4. The first kappa shape index (κ1) is 11.5. The molecule has 1 nitrogen and oxygen atoms in total. The SMILES string of the molecule is OC1(CCc2ccc(-c3ccccc3)cc2)CC1. The molecule has 1 heteroatoms. The van der Waals surface area contributed by atoms with Gasteiger partial charge in [0.15, 0.2) is 0 Å². The second kappa shape index (κ2) is 4.58. The van der Waals surface area contributed by atoms with Crippen LogP contribution in [0.2, 0.25) is 0 Å². The minimum absolute atomic E-state index is 0.335. The van der Waals surface area contributed by atoms with Crippen molar-refractivity contribution in [3.63, 3.8) is 0 Å². The minimum Gasteiger partial charge on any atom is -0.390 e. The van der Waals surface area contributed by atoms with Gasteiger partial charge in [-0.1, -0.05) is 54.6 Å². The molecule has 2 aromatic carbocycles. The van der Waals surface area contributed by atoms with Gasteiger partial charge in [0.05, 0.1) is 5.60 Å². The first-order chi connectivity index (χ1) is 8.75. The third-order valence-corrected chi connectivity index (χ3v) is 3.77. The summed E-state index contributed by atoms with van der Waals surface area (Å²) in [6.07, 6.45) is 3.84. The predicted octanol–water partition coefficient (Wildman–Crippen LogP) is 3.81. The van der Waals surface area contributed by atoms with Crippen LogP contribution in [0.15, 0.2) is 54.6 Å². The molecule has 0 saturated heterocycles. The third kappa shape index (κ3) is 2.62.